The number of ether oxygens (including phenoxy) is 2. The average molecular weight is 338 g/mol. The van der Waals surface area contributed by atoms with Gasteiger partial charge in [-0.05, 0) is 13.3 Å². The maximum absolute atomic E-state index is 12.1. The van der Waals surface area contributed by atoms with Crippen LogP contribution in [-0.4, -0.2) is 68.2 Å². The molecule has 24 heavy (non-hydrogen) atoms. The number of nitrogens with zero attached hydrogens (tertiary/aromatic N) is 2. The zero-order valence-electron chi connectivity index (χ0n) is 14.1. The highest BCUT2D eigenvalue weighted by Gasteiger charge is 2.31. The standard InChI is InChI=1S/C16H26N4O4/c1-12-8-14(19-24-12)9-17-16(21)18-10-15(13-2-5-23-11-13)20-3-6-22-7-4-20/h8,13,15H,2-7,9-11H2,1H3,(H2,17,18,21). The Hall–Kier alpha value is -1.64. The molecule has 1 aromatic heterocycles. The van der Waals surface area contributed by atoms with Crippen LogP contribution in [0.3, 0.4) is 0 Å². The van der Waals surface area contributed by atoms with Crippen LogP contribution in [0.15, 0.2) is 10.6 Å². The minimum Gasteiger partial charge on any atom is -0.381 e. The minimum absolute atomic E-state index is 0.187. The van der Waals surface area contributed by atoms with Crippen molar-refractivity contribution in [1.29, 1.82) is 0 Å². The first-order valence-electron chi connectivity index (χ1n) is 8.56. The van der Waals surface area contributed by atoms with Crippen LogP contribution >= 0.6 is 0 Å². The van der Waals surface area contributed by atoms with Crippen LogP contribution in [0.4, 0.5) is 4.79 Å². The Morgan fingerprint density at radius 3 is 2.83 bits per heavy atom. The third-order valence-electron chi connectivity index (χ3n) is 4.60. The van der Waals surface area contributed by atoms with Crippen molar-refractivity contribution in [3.8, 4) is 0 Å². The van der Waals surface area contributed by atoms with Gasteiger partial charge in [-0.1, -0.05) is 5.16 Å². The molecule has 3 rings (SSSR count). The molecule has 134 valence electrons. The Kier molecular flexibility index (Phi) is 6.06. The number of carbonyl (C=O) groups is 1. The van der Waals surface area contributed by atoms with Gasteiger partial charge in [0.05, 0.1) is 26.4 Å². The van der Waals surface area contributed by atoms with Gasteiger partial charge in [0.25, 0.3) is 0 Å². The molecule has 2 saturated heterocycles. The summed E-state index contributed by atoms with van der Waals surface area (Å²) in [7, 11) is 0. The lowest BCUT2D eigenvalue weighted by Crippen LogP contribution is -2.53. The summed E-state index contributed by atoms with van der Waals surface area (Å²) in [5, 5.41) is 9.66. The summed E-state index contributed by atoms with van der Waals surface area (Å²) in [6.45, 7) is 7.69. The summed E-state index contributed by atoms with van der Waals surface area (Å²) in [4.78, 5) is 14.5. The van der Waals surface area contributed by atoms with Crippen LogP contribution in [0.1, 0.15) is 17.9 Å². The molecule has 2 aliphatic rings. The van der Waals surface area contributed by atoms with E-state index in [4.69, 9.17) is 14.0 Å². The maximum atomic E-state index is 12.1. The topological polar surface area (TPSA) is 88.9 Å². The van der Waals surface area contributed by atoms with Crippen molar-refractivity contribution >= 4 is 6.03 Å². The third-order valence-corrected chi connectivity index (χ3v) is 4.60. The molecule has 0 aromatic carbocycles. The van der Waals surface area contributed by atoms with Crippen LogP contribution in [0.25, 0.3) is 0 Å². The number of nitrogens with one attached hydrogen (secondary N) is 2. The van der Waals surface area contributed by atoms with E-state index in [9.17, 15) is 4.79 Å². The number of carbonyl (C=O) groups excluding carboxylic acids is 1. The molecule has 0 bridgehead atoms. The Balaban J connectivity index is 1.47. The van der Waals surface area contributed by atoms with Crippen molar-refractivity contribution in [2.24, 2.45) is 5.92 Å². The summed E-state index contributed by atoms with van der Waals surface area (Å²) in [5.74, 6) is 1.20. The van der Waals surface area contributed by atoms with Crippen LogP contribution in [-0.2, 0) is 16.0 Å². The molecule has 0 aliphatic carbocycles. The maximum Gasteiger partial charge on any atom is 0.315 e. The molecule has 2 unspecified atom stereocenters. The molecule has 0 radical (unpaired) electrons. The largest absolute Gasteiger partial charge is 0.381 e. The van der Waals surface area contributed by atoms with Gasteiger partial charge in [0.1, 0.15) is 11.5 Å². The predicted molar refractivity (Wildman–Crippen MR) is 86.6 cm³/mol. The van der Waals surface area contributed by atoms with E-state index in [0.29, 0.717) is 19.0 Å². The lowest BCUT2D eigenvalue weighted by molar-refractivity contribution is 0.00212. The fraction of sp³-hybridized carbons (Fsp3) is 0.750. The molecule has 3 heterocycles. The highest BCUT2D eigenvalue weighted by atomic mass is 16.5. The Labute approximate surface area is 141 Å². The van der Waals surface area contributed by atoms with Crippen molar-refractivity contribution in [3.05, 3.63) is 17.5 Å². The Bertz CT molecular complexity index is 524. The summed E-state index contributed by atoms with van der Waals surface area (Å²) in [5.41, 5.74) is 0.719. The number of morpholine rings is 1. The first kappa shape index (κ1) is 17.2. The smallest absolute Gasteiger partial charge is 0.315 e. The van der Waals surface area contributed by atoms with Gasteiger partial charge in [-0.25, -0.2) is 4.79 Å². The highest BCUT2D eigenvalue weighted by Crippen LogP contribution is 2.21. The number of aryl methyl sites for hydroxylation is 1. The highest BCUT2D eigenvalue weighted by molar-refractivity contribution is 5.73. The first-order valence-corrected chi connectivity index (χ1v) is 8.56. The minimum atomic E-state index is -0.187. The second-order valence-electron chi connectivity index (χ2n) is 6.33. The number of hydrogen-bond donors (Lipinski definition) is 2. The van der Waals surface area contributed by atoms with E-state index in [-0.39, 0.29) is 12.1 Å². The molecule has 8 nitrogen and oxygen atoms in total. The number of rotatable bonds is 6. The SMILES string of the molecule is Cc1cc(CNC(=O)NCC(C2CCOC2)N2CCOCC2)no1. The number of hydrogen-bond acceptors (Lipinski definition) is 6. The van der Waals surface area contributed by atoms with Gasteiger partial charge >= 0.3 is 6.03 Å². The molecule has 2 aliphatic heterocycles. The van der Waals surface area contributed by atoms with Gasteiger partial charge in [-0.15, -0.1) is 0 Å². The lowest BCUT2D eigenvalue weighted by atomic mass is 9.97. The van der Waals surface area contributed by atoms with Crippen LogP contribution in [0, 0.1) is 12.8 Å². The van der Waals surface area contributed by atoms with Gasteiger partial charge in [0, 0.05) is 44.3 Å². The molecule has 2 N–H and O–H groups in total. The average Bonchev–Trinajstić information content (AvgIpc) is 3.26. The lowest BCUT2D eigenvalue weighted by Gasteiger charge is -2.37. The zero-order valence-corrected chi connectivity index (χ0v) is 14.1. The van der Waals surface area contributed by atoms with Crippen molar-refractivity contribution < 1.29 is 18.8 Å². The van der Waals surface area contributed by atoms with Gasteiger partial charge in [-0.3, -0.25) is 4.90 Å². The number of aromatic nitrogens is 1. The summed E-state index contributed by atoms with van der Waals surface area (Å²) in [6.07, 6.45) is 1.05. The monoisotopic (exact) mass is 338 g/mol. The van der Waals surface area contributed by atoms with Crippen LogP contribution in [0.5, 0.6) is 0 Å². The molecule has 2 fully saturated rings. The third kappa shape index (κ3) is 4.68. The molecular weight excluding hydrogens is 312 g/mol. The van der Waals surface area contributed by atoms with Crippen LogP contribution < -0.4 is 10.6 Å². The van der Waals surface area contributed by atoms with Crippen molar-refractivity contribution in [2.45, 2.75) is 25.9 Å². The molecule has 8 heteroatoms. The summed E-state index contributed by atoms with van der Waals surface area (Å²) >= 11 is 0. The summed E-state index contributed by atoms with van der Waals surface area (Å²) in [6, 6.07) is 1.91. The molecular formula is C16H26N4O4. The summed E-state index contributed by atoms with van der Waals surface area (Å²) < 4.78 is 16.0. The van der Waals surface area contributed by atoms with E-state index in [1.54, 1.807) is 0 Å². The Morgan fingerprint density at radius 2 is 2.17 bits per heavy atom. The second kappa shape index (κ2) is 8.46. The molecule has 2 amide bonds. The number of amides is 2. The zero-order chi connectivity index (χ0) is 16.8. The van der Waals surface area contributed by atoms with Crippen molar-refractivity contribution in [2.75, 3.05) is 46.1 Å². The fourth-order valence-electron chi connectivity index (χ4n) is 3.29. The quantitative estimate of drug-likeness (QED) is 0.786. The van der Waals surface area contributed by atoms with Gasteiger partial charge in [-0.2, -0.15) is 0 Å². The molecule has 2 atom stereocenters. The predicted octanol–water partition coefficient (Wildman–Crippen LogP) is 0.520. The van der Waals surface area contributed by atoms with E-state index in [1.165, 1.54) is 0 Å². The Morgan fingerprint density at radius 1 is 1.33 bits per heavy atom. The normalized spacial score (nSPS) is 23.1. The van der Waals surface area contributed by atoms with E-state index < -0.39 is 0 Å². The van der Waals surface area contributed by atoms with Crippen molar-refractivity contribution in [1.82, 2.24) is 20.7 Å². The second-order valence-corrected chi connectivity index (χ2v) is 6.33. The van der Waals surface area contributed by atoms with E-state index in [0.717, 1.165) is 57.4 Å². The number of urea groups is 1. The van der Waals surface area contributed by atoms with Gasteiger partial charge in [0.2, 0.25) is 0 Å². The van der Waals surface area contributed by atoms with Gasteiger partial charge < -0.3 is 24.6 Å². The van der Waals surface area contributed by atoms with E-state index in [2.05, 4.69) is 20.7 Å². The fourth-order valence-corrected chi connectivity index (χ4v) is 3.29. The molecule has 0 saturated carbocycles. The van der Waals surface area contributed by atoms with Gasteiger partial charge in [0.15, 0.2) is 0 Å². The van der Waals surface area contributed by atoms with E-state index >= 15 is 0 Å². The van der Waals surface area contributed by atoms with Crippen molar-refractivity contribution in [3.63, 3.8) is 0 Å². The molecule has 0 spiro atoms. The molecule has 1 aromatic rings. The van der Waals surface area contributed by atoms with Crippen LogP contribution in [0.2, 0.25) is 0 Å². The van der Waals surface area contributed by atoms with E-state index in [1.807, 2.05) is 13.0 Å². The first-order chi connectivity index (χ1) is 11.7.